The van der Waals surface area contributed by atoms with Gasteiger partial charge in [0.1, 0.15) is 5.76 Å². The van der Waals surface area contributed by atoms with Crippen molar-refractivity contribution in [3.63, 3.8) is 0 Å². The van der Waals surface area contributed by atoms with Crippen LogP contribution in [0.25, 0.3) is 0 Å². The number of ketones is 1. The van der Waals surface area contributed by atoms with Crippen LogP contribution in [0.3, 0.4) is 0 Å². The molecule has 0 fully saturated rings. The summed E-state index contributed by atoms with van der Waals surface area (Å²) in [4.78, 5) is 28.4. The van der Waals surface area contributed by atoms with Crippen LogP contribution < -0.4 is 9.47 Å². The molecule has 1 aliphatic rings. The maximum absolute atomic E-state index is 12.3. The molecule has 0 amide bonds. The Labute approximate surface area is 165 Å². The quantitative estimate of drug-likeness (QED) is 0.515. The minimum absolute atomic E-state index is 0.0611. The van der Waals surface area contributed by atoms with Crippen LogP contribution >= 0.6 is 0 Å². The normalized spacial score (nSPS) is 14.8. The minimum Gasteiger partial charge on any atom is -0.511 e. The van der Waals surface area contributed by atoms with Gasteiger partial charge in [-0.25, -0.2) is 0 Å². The highest BCUT2D eigenvalue weighted by Gasteiger charge is 2.25. The van der Waals surface area contributed by atoms with E-state index in [1.165, 1.54) is 7.11 Å². The number of aliphatic hydroxyl groups is 1. The SMILES string of the molecule is COC(=O)CCC(=NCCc1ccc(OC)c(OC)c1)C1=C(O)CCCC1=O. The summed E-state index contributed by atoms with van der Waals surface area (Å²) in [6, 6.07) is 5.63. The first-order chi connectivity index (χ1) is 13.5. The summed E-state index contributed by atoms with van der Waals surface area (Å²) >= 11 is 0. The van der Waals surface area contributed by atoms with E-state index in [2.05, 4.69) is 9.73 Å². The van der Waals surface area contributed by atoms with Crippen molar-refractivity contribution in [3.8, 4) is 11.5 Å². The fraction of sp³-hybridized carbons (Fsp3) is 0.476. The Balaban J connectivity index is 2.17. The largest absolute Gasteiger partial charge is 0.511 e. The molecule has 152 valence electrons. The summed E-state index contributed by atoms with van der Waals surface area (Å²) in [5.74, 6) is 0.842. The van der Waals surface area contributed by atoms with Crippen LogP contribution in [0.5, 0.6) is 11.5 Å². The first kappa shape index (κ1) is 21.5. The van der Waals surface area contributed by atoms with Gasteiger partial charge in [0.2, 0.25) is 0 Å². The number of Topliss-reactive ketones (excluding diaryl/α,β-unsaturated/α-hetero) is 1. The molecule has 0 radical (unpaired) electrons. The average Bonchev–Trinajstić information content (AvgIpc) is 2.70. The molecular formula is C21H27NO6. The van der Waals surface area contributed by atoms with Crippen molar-refractivity contribution >= 4 is 17.5 Å². The topological polar surface area (TPSA) is 94.4 Å². The van der Waals surface area contributed by atoms with Crippen molar-refractivity contribution in [1.29, 1.82) is 0 Å². The molecule has 0 aromatic heterocycles. The Kier molecular flexibility index (Phi) is 8.04. The van der Waals surface area contributed by atoms with E-state index in [4.69, 9.17) is 9.47 Å². The molecule has 0 aliphatic heterocycles. The second-order valence-electron chi connectivity index (χ2n) is 6.44. The van der Waals surface area contributed by atoms with E-state index in [0.717, 1.165) is 5.56 Å². The first-order valence-electron chi connectivity index (χ1n) is 9.26. The molecule has 1 aromatic rings. The first-order valence-corrected chi connectivity index (χ1v) is 9.26. The summed E-state index contributed by atoms with van der Waals surface area (Å²) in [5, 5.41) is 10.2. The standard InChI is InChI=1S/C21H27NO6/c1-26-18-9-7-14(13-19(18)27-2)11-12-22-15(8-10-20(25)28-3)21-16(23)5-4-6-17(21)24/h7,9,13,23H,4-6,8,10-12H2,1-3H3. The maximum atomic E-state index is 12.3. The summed E-state index contributed by atoms with van der Waals surface area (Å²) in [6.45, 7) is 0.413. The van der Waals surface area contributed by atoms with E-state index in [-0.39, 0.29) is 35.9 Å². The molecule has 0 heterocycles. The van der Waals surface area contributed by atoms with E-state index in [1.807, 2.05) is 18.2 Å². The smallest absolute Gasteiger partial charge is 0.305 e. The fourth-order valence-electron chi connectivity index (χ4n) is 3.12. The molecule has 0 spiro atoms. The molecule has 0 unspecified atom stereocenters. The number of nitrogens with zero attached hydrogens (tertiary/aromatic N) is 1. The number of allylic oxidation sites excluding steroid dienone is 2. The predicted octanol–water partition coefficient (Wildman–Crippen LogP) is 3.21. The highest BCUT2D eigenvalue weighted by atomic mass is 16.5. The Hall–Kier alpha value is -2.83. The van der Waals surface area contributed by atoms with Gasteiger partial charge in [-0.2, -0.15) is 0 Å². The highest BCUT2D eigenvalue weighted by Crippen LogP contribution is 2.28. The van der Waals surface area contributed by atoms with Gasteiger partial charge >= 0.3 is 5.97 Å². The van der Waals surface area contributed by atoms with Gasteiger partial charge in [-0.3, -0.25) is 14.6 Å². The van der Waals surface area contributed by atoms with Crippen molar-refractivity contribution < 1.29 is 28.9 Å². The molecule has 1 aliphatic carbocycles. The number of esters is 1. The zero-order valence-corrected chi connectivity index (χ0v) is 16.6. The molecular weight excluding hydrogens is 362 g/mol. The van der Waals surface area contributed by atoms with Gasteiger partial charge in [-0.1, -0.05) is 6.07 Å². The number of aliphatic hydroxyl groups excluding tert-OH is 1. The molecule has 0 saturated carbocycles. The molecule has 7 nitrogen and oxygen atoms in total. The number of carbonyl (C=O) groups excluding carboxylic acids is 2. The second kappa shape index (κ2) is 10.5. The van der Waals surface area contributed by atoms with E-state index in [9.17, 15) is 14.7 Å². The van der Waals surface area contributed by atoms with Crippen molar-refractivity contribution in [1.82, 2.24) is 0 Å². The molecule has 2 rings (SSSR count). The molecule has 7 heteroatoms. The lowest BCUT2D eigenvalue weighted by atomic mass is 9.91. The zero-order chi connectivity index (χ0) is 20.5. The number of ether oxygens (including phenoxy) is 3. The number of aliphatic imine (C=N–C) groups is 1. The summed E-state index contributed by atoms with van der Waals surface area (Å²) in [5.41, 5.74) is 1.73. The number of hydrogen-bond donors (Lipinski definition) is 1. The molecule has 28 heavy (non-hydrogen) atoms. The number of carbonyl (C=O) groups is 2. The third-order valence-electron chi connectivity index (χ3n) is 4.62. The zero-order valence-electron chi connectivity index (χ0n) is 16.6. The van der Waals surface area contributed by atoms with Crippen molar-refractivity contribution in [3.05, 3.63) is 35.1 Å². The lowest BCUT2D eigenvalue weighted by Crippen LogP contribution is -2.21. The van der Waals surface area contributed by atoms with Crippen LogP contribution in [0.1, 0.15) is 37.7 Å². The third kappa shape index (κ3) is 5.58. The Morgan fingerprint density at radius 2 is 1.86 bits per heavy atom. The van der Waals surface area contributed by atoms with Crippen LogP contribution in [-0.2, 0) is 20.7 Å². The van der Waals surface area contributed by atoms with Gasteiger partial charge in [0.05, 0.1) is 33.3 Å². The van der Waals surface area contributed by atoms with Crippen LogP contribution in [0.4, 0.5) is 0 Å². The average molecular weight is 389 g/mol. The fourth-order valence-corrected chi connectivity index (χ4v) is 3.12. The van der Waals surface area contributed by atoms with E-state index >= 15 is 0 Å². The van der Waals surface area contributed by atoms with E-state index < -0.39 is 0 Å². The molecule has 1 aromatic carbocycles. The Bertz CT molecular complexity index is 781. The Morgan fingerprint density at radius 1 is 1.11 bits per heavy atom. The number of rotatable bonds is 9. The van der Waals surface area contributed by atoms with Crippen LogP contribution in [0, 0.1) is 0 Å². The number of benzene rings is 1. The number of hydrogen-bond acceptors (Lipinski definition) is 7. The van der Waals surface area contributed by atoms with Gasteiger partial charge < -0.3 is 19.3 Å². The second-order valence-corrected chi connectivity index (χ2v) is 6.44. The summed E-state index contributed by atoms with van der Waals surface area (Å²) in [7, 11) is 4.48. The summed E-state index contributed by atoms with van der Waals surface area (Å²) in [6.07, 6.45) is 2.44. The van der Waals surface area contributed by atoms with E-state index in [0.29, 0.717) is 49.4 Å². The lowest BCUT2D eigenvalue weighted by molar-refractivity contribution is -0.140. The highest BCUT2D eigenvalue weighted by molar-refractivity contribution is 6.23. The summed E-state index contributed by atoms with van der Waals surface area (Å²) < 4.78 is 15.2. The minimum atomic E-state index is -0.379. The number of methoxy groups -OCH3 is 3. The molecule has 0 atom stereocenters. The van der Waals surface area contributed by atoms with Crippen molar-refractivity contribution in [2.75, 3.05) is 27.9 Å². The molecule has 0 saturated heterocycles. The predicted molar refractivity (Wildman–Crippen MR) is 105 cm³/mol. The molecule has 1 N–H and O–H groups in total. The van der Waals surface area contributed by atoms with E-state index in [1.54, 1.807) is 14.2 Å². The lowest BCUT2D eigenvalue weighted by Gasteiger charge is -2.17. The maximum Gasteiger partial charge on any atom is 0.305 e. The van der Waals surface area contributed by atoms with Gasteiger partial charge in [-0.15, -0.1) is 0 Å². The monoisotopic (exact) mass is 389 g/mol. The third-order valence-corrected chi connectivity index (χ3v) is 4.62. The van der Waals surface area contributed by atoms with Gasteiger partial charge in [0.25, 0.3) is 0 Å². The van der Waals surface area contributed by atoms with Crippen molar-refractivity contribution in [2.24, 2.45) is 4.99 Å². The molecule has 0 bridgehead atoms. The van der Waals surface area contributed by atoms with Gasteiger partial charge in [0.15, 0.2) is 17.3 Å². The van der Waals surface area contributed by atoms with Gasteiger partial charge in [-0.05, 0) is 30.5 Å². The van der Waals surface area contributed by atoms with Crippen molar-refractivity contribution in [2.45, 2.75) is 38.5 Å². The Morgan fingerprint density at radius 3 is 2.50 bits per heavy atom. The van der Waals surface area contributed by atoms with Crippen LogP contribution in [0.15, 0.2) is 34.5 Å². The van der Waals surface area contributed by atoms with Crippen LogP contribution in [-0.4, -0.2) is 50.4 Å². The van der Waals surface area contributed by atoms with Gasteiger partial charge in [0, 0.05) is 31.5 Å². The van der Waals surface area contributed by atoms with Crippen LogP contribution in [0.2, 0.25) is 0 Å².